The summed E-state index contributed by atoms with van der Waals surface area (Å²) in [6.07, 6.45) is 2.30. The van der Waals surface area contributed by atoms with Crippen LogP contribution in [0, 0.1) is 0 Å². The van der Waals surface area contributed by atoms with Crippen LogP contribution in [0.2, 0.25) is 0 Å². The molecule has 0 radical (unpaired) electrons. The SMILES string of the molecule is CCN(CC)S(=O)(=O)c1ccc2c(c1)nc(CCC(=O)Nc1ccc(N(C)C)nc1)n2C. The number of fused-ring (bicyclic) bond motifs is 1. The number of aryl methyl sites for hydroxylation is 2. The van der Waals surface area contributed by atoms with Crippen molar-refractivity contribution in [3.8, 4) is 0 Å². The van der Waals surface area contributed by atoms with Crippen molar-refractivity contribution < 1.29 is 13.2 Å². The van der Waals surface area contributed by atoms with E-state index < -0.39 is 10.0 Å². The fourth-order valence-electron chi connectivity index (χ4n) is 3.50. The van der Waals surface area contributed by atoms with Gasteiger partial charge in [0, 0.05) is 47.1 Å². The van der Waals surface area contributed by atoms with Crippen molar-refractivity contribution in [3.05, 3.63) is 42.4 Å². The van der Waals surface area contributed by atoms with Crippen molar-refractivity contribution in [2.45, 2.75) is 31.6 Å². The van der Waals surface area contributed by atoms with Gasteiger partial charge in [0.25, 0.3) is 0 Å². The molecule has 0 aliphatic carbocycles. The minimum atomic E-state index is -3.55. The lowest BCUT2D eigenvalue weighted by atomic mass is 10.2. The van der Waals surface area contributed by atoms with Gasteiger partial charge in [-0.1, -0.05) is 13.8 Å². The summed E-state index contributed by atoms with van der Waals surface area (Å²) in [7, 11) is 2.12. The third-order valence-corrected chi connectivity index (χ3v) is 7.40. The zero-order valence-corrected chi connectivity index (χ0v) is 20.0. The highest BCUT2D eigenvalue weighted by molar-refractivity contribution is 7.89. The summed E-state index contributed by atoms with van der Waals surface area (Å²) in [6, 6.07) is 8.63. The average molecular weight is 459 g/mol. The van der Waals surface area contributed by atoms with Gasteiger partial charge in [0.15, 0.2) is 0 Å². The van der Waals surface area contributed by atoms with Crippen molar-refractivity contribution in [2.24, 2.45) is 7.05 Å². The molecule has 0 aliphatic heterocycles. The number of pyridine rings is 1. The Kier molecular flexibility index (Phi) is 7.15. The highest BCUT2D eigenvalue weighted by atomic mass is 32.2. The van der Waals surface area contributed by atoms with Crippen LogP contribution in [-0.2, 0) is 28.3 Å². The van der Waals surface area contributed by atoms with Crippen LogP contribution in [0.4, 0.5) is 11.5 Å². The van der Waals surface area contributed by atoms with E-state index in [1.54, 1.807) is 24.4 Å². The topological polar surface area (TPSA) is 100 Å². The standard InChI is InChI=1S/C22H30N6O3S/c1-6-28(7-2)32(30,31)17-9-10-19-18(14-17)25-21(27(19)5)12-13-22(29)24-16-8-11-20(23-15-16)26(3)4/h8-11,14-15H,6-7,12-13H2,1-5H3,(H,24,29). The van der Waals surface area contributed by atoms with Gasteiger partial charge in [-0.2, -0.15) is 4.31 Å². The number of imidazole rings is 1. The molecule has 3 rings (SSSR count). The van der Waals surface area contributed by atoms with Gasteiger partial charge in [-0.3, -0.25) is 4.79 Å². The maximum Gasteiger partial charge on any atom is 0.243 e. The fraction of sp³-hybridized carbons (Fsp3) is 0.409. The minimum absolute atomic E-state index is 0.138. The molecule has 2 heterocycles. The number of aromatic nitrogens is 3. The van der Waals surface area contributed by atoms with Crippen LogP contribution in [0.15, 0.2) is 41.4 Å². The first kappa shape index (κ1) is 23.7. The van der Waals surface area contributed by atoms with Crippen LogP contribution in [0.25, 0.3) is 11.0 Å². The molecular weight excluding hydrogens is 428 g/mol. The summed E-state index contributed by atoms with van der Waals surface area (Å²) in [5.74, 6) is 1.39. The summed E-state index contributed by atoms with van der Waals surface area (Å²) in [4.78, 5) is 23.4. The first-order chi connectivity index (χ1) is 15.2. The molecule has 0 atom stereocenters. The largest absolute Gasteiger partial charge is 0.363 e. The molecule has 10 heteroatoms. The first-order valence-electron chi connectivity index (χ1n) is 10.6. The Balaban J connectivity index is 1.72. The van der Waals surface area contributed by atoms with Gasteiger partial charge >= 0.3 is 0 Å². The lowest BCUT2D eigenvalue weighted by Gasteiger charge is -2.18. The molecule has 0 bridgehead atoms. The van der Waals surface area contributed by atoms with Crippen LogP contribution >= 0.6 is 0 Å². The maximum atomic E-state index is 12.8. The smallest absolute Gasteiger partial charge is 0.243 e. The number of amides is 1. The average Bonchev–Trinajstić information content (AvgIpc) is 3.08. The minimum Gasteiger partial charge on any atom is -0.363 e. The molecule has 0 aliphatic rings. The Morgan fingerprint density at radius 2 is 1.84 bits per heavy atom. The zero-order chi connectivity index (χ0) is 23.5. The number of nitrogens with zero attached hydrogens (tertiary/aromatic N) is 5. The molecule has 1 N–H and O–H groups in total. The molecule has 1 aromatic carbocycles. The molecule has 0 unspecified atom stereocenters. The van der Waals surface area contributed by atoms with Crippen molar-refractivity contribution in [2.75, 3.05) is 37.4 Å². The number of hydrogen-bond acceptors (Lipinski definition) is 6. The second-order valence-electron chi connectivity index (χ2n) is 7.67. The predicted molar refractivity (Wildman–Crippen MR) is 126 cm³/mol. The number of nitrogens with one attached hydrogen (secondary N) is 1. The predicted octanol–water partition coefficient (Wildman–Crippen LogP) is 2.64. The summed E-state index contributed by atoms with van der Waals surface area (Å²) in [6.45, 7) is 4.45. The Morgan fingerprint density at radius 3 is 2.44 bits per heavy atom. The Bertz CT molecular complexity index is 1200. The van der Waals surface area contributed by atoms with E-state index in [1.165, 1.54) is 4.31 Å². The Labute approximate surface area is 189 Å². The van der Waals surface area contributed by atoms with Gasteiger partial charge in [-0.15, -0.1) is 0 Å². The van der Waals surface area contributed by atoms with Gasteiger partial charge < -0.3 is 14.8 Å². The highest BCUT2D eigenvalue weighted by Gasteiger charge is 2.22. The van der Waals surface area contributed by atoms with Gasteiger partial charge in [0.1, 0.15) is 11.6 Å². The molecule has 0 spiro atoms. The van der Waals surface area contributed by atoms with Crippen LogP contribution in [-0.4, -0.2) is 60.4 Å². The van der Waals surface area contributed by atoms with Crippen LogP contribution in [0.1, 0.15) is 26.1 Å². The number of anilines is 2. The van der Waals surface area contributed by atoms with Crippen molar-refractivity contribution in [3.63, 3.8) is 0 Å². The van der Waals surface area contributed by atoms with Gasteiger partial charge in [-0.25, -0.2) is 18.4 Å². The van der Waals surface area contributed by atoms with Gasteiger partial charge in [0.05, 0.1) is 27.8 Å². The first-order valence-corrected chi connectivity index (χ1v) is 12.0. The van der Waals surface area contributed by atoms with Crippen molar-refractivity contribution in [1.29, 1.82) is 0 Å². The summed E-state index contributed by atoms with van der Waals surface area (Å²) in [5.41, 5.74) is 2.05. The van der Waals surface area contributed by atoms with E-state index >= 15 is 0 Å². The number of sulfonamides is 1. The third-order valence-electron chi connectivity index (χ3n) is 5.35. The molecule has 2 aromatic heterocycles. The normalized spacial score (nSPS) is 11.8. The monoisotopic (exact) mass is 458 g/mol. The van der Waals surface area contributed by atoms with E-state index in [4.69, 9.17) is 0 Å². The van der Waals surface area contributed by atoms with Crippen molar-refractivity contribution in [1.82, 2.24) is 18.8 Å². The number of hydrogen-bond donors (Lipinski definition) is 1. The number of carbonyl (C=O) groups excluding carboxylic acids is 1. The number of rotatable bonds is 9. The van der Waals surface area contributed by atoms with Crippen LogP contribution in [0.3, 0.4) is 0 Å². The van der Waals surface area contributed by atoms with Crippen molar-refractivity contribution >= 4 is 38.5 Å². The van der Waals surface area contributed by atoms with Gasteiger partial charge in [0.2, 0.25) is 15.9 Å². The van der Waals surface area contributed by atoms with E-state index in [0.717, 1.165) is 11.3 Å². The molecule has 32 heavy (non-hydrogen) atoms. The van der Waals surface area contributed by atoms with E-state index in [0.29, 0.717) is 36.5 Å². The number of carbonyl (C=O) groups is 1. The number of benzene rings is 1. The molecule has 0 fully saturated rings. The summed E-state index contributed by atoms with van der Waals surface area (Å²) in [5, 5.41) is 2.84. The second-order valence-corrected chi connectivity index (χ2v) is 9.61. The van der Waals surface area contributed by atoms with Crippen LogP contribution < -0.4 is 10.2 Å². The van der Waals surface area contributed by atoms with Gasteiger partial charge in [-0.05, 0) is 30.3 Å². The van der Waals surface area contributed by atoms with Crippen LogP contribution in [0.5, 0.6) is 0 Å². The molecule has 0 saturated heterocycles. The van der Waals surface area contributed by atoms with E-state index in [2.05, 4.69) is 15.3 Å². The summed E-state index contributed by atoms with van der Waals surface area (Å²) < 4.78 is 28.9. The molecule has 172 valence electrons. The highest BCUT2D eigenvalue weighted by Crippen LogP contribution is 2.23. The lowest BCUT2D eigenvalue weighted by Crippen LogP contribution is -2.30. The van der Waals surface area contributed by atoms with E-state index in [-0.39, 0.29) is 17.2 Å². The zero-order valence-electron chi connectivity index (χ0n) is 19.2. The maximum absolute atomic E-state index is 12.8. The lowest BCUT2D eigenvalue weighted by molar-refractivity contribution is -0.116. The Morgan fingerprint density at radius 1 is 1.12 bits per heavy atom. The summed E-state index contributed by atoms with van der Waals surface area (Å²) >= 11 is 0. The quantitative estimate of drug-likeness (QED) is 0.529. The molecule has 1 amide bonds. The second kappa shape index (κ2) is 9.66. The molecular formula is C22H30N6O3S. The van der Waals surface area contributed by atoms with E-state index in [9.17, 15) is 13.2 Å². The fourth-order valence-corrected chi connectivity index (χ4v) is 4.98. The molecule has 9 nitrogen and oxygen atoms in total. The molecule has 3 aromatic rings. The van der Waals surface area contributed by atoms with E-state index in [1.807, 2.05) is 56.6 Å². The third kappa shape index (κ3) is 4.91. The Hall–Kier alpha value is -2.98. The molecule has 0 saturated carbocycles.